The molecule has 0 aromatic heterocycles. The molecule has 6 heteroatoms. The van der Waals surface area contributed by atoms with Crippen LogP contribution in [-0.2, 0) is 9.47 Å². The maximum absolute atomic E-state index is 13.3. The van der Waals surface area contributed by atoms with Gasteiger partial charge in [0.15, 0.2) is 11.6 Å². The first-order chi connectivity index (χ1) is 8.66. The summed E-state index contributed by atoms with van der Waals surface area (Å²) in [6, 6.07) is 2.21. The lowest BCUT2D eigenvalue weighted by atomic mass is 10.3. The molecular formula is C12H17F2NO3. The van der Waals surface area contributed by atoms with E-state index >= 15 is 0 Å². The van der Waals surface area contributed by atoms with Crippen LogP contribution in [0.2, 0.25) is 0 Å². The lowest BCUT2D eigenvalue weighted by molar-refractivity contribution is 0.0797. The third kappa shape index (κ3) is 4.46. The fourth-order valence-electron chi connectivity index (χ4n) is 1.30. The zero-order valence-electron chi connectivity index (χ0n) is 10.2. The smallest absolute Gasteiger partial charge is 0.202 e. The molecule has 4 nitrogen and oxygen atoms in total. The molecule has 0 atom stereocenters. The Morgan fingerprint density at radius 1 is 1.11 bits per heavy atom. The highest BCUT2D eigenvalue weighted by molar-refractivity contribution is 5.53. The molecule has 18 heavy (non-hydrogen) atoms. The number of methoxy groups -OCH3 is 1. The van der Waals surface area contributed by atoms with Crippen molar-refractivity contribution in [1.29, 1.82) is 0 Å². The number of nitrogens with two attached hydrogens (primary N) is 1. The Balaban J connectivity index is 2.29. The number of nitrogen functional groups attached to an aromatic ring is 1. The number of ether oxygens (including phenoxy) is 3. The molecule has 0 heterocycles. The van der Waals surface area contributed by atoms with Gasteiger partial charge in [0.1, 0.15) is 6.61 Å². The topological polar surface area (TPSA) is 53.7 Å². The highest BCUT2D eigenvalue weighted by atomic mass is 19.2. The summed E-state index contributed by atoms with van der Waals surface area (Å²) in [5.41, 5.74) is 5.54. The van der Waals surface area contributed by atoms with E-state index in [1.54, 1.807) is 7.11 Å². The number of anilines is 1. The highest BCUT2D eigenvalue weighted by Gasteiger charge is 2.12. The molecule has 0 saturated carbocycles. The second kappa shape index (κ2) is 7.84. The van der Waals surface area contributed by atoms with Crippen LogP contribution in [0.3, 0.4) is 0 Å². The van der Waals surface area contributed by atoms with Crippen LogP contribution in [0.15, 0.2) is 12.1 Å². The van der Waals surface area contributed by atoms with Crippen LogP contribution in [0, 0.1) is 11.6 Å². The van der Waals surface area contributed by atoms with Gasteiger partial charge in [0, 0.05) is 20.3 Å². The van der Waals surface area contributed by atoms with Gasteiger partial charge in [-0.05, 0) is 18.6 Å². The molecule has 1 aromatic rings. The van der Waals surface area contributed by atoms with Crippen LogP contribution < -0.4 is 10.5 Å². The van der Waals surface area contributed by atoms with Crippen molar-refractivity contribution in [1.82, 2.24) is 0 Å². The average molecular weight is 261 g/mol. The average Bonchev–Trinajstić information content (AvgIpc) is 2.36. The third-order valence-electron chi connectivity index (χ3n) is 2.19. The second-order valence-electron chi connectivity index (χ2n) is 3.59. The Hall–Kier alpha value is -1.40. The van der Waals surface area contributed by atoms with E-state index in [4.69, 9.17) is 19.9 Å². The third-order valence-corrected chi connectivity index (χ3v) is 2.19. The van der Waals surface area contributed by atoms with Crippen molar-refractivity contribution in [3.63, 3.8) is 0 Å². The molecule has 0 saturated heterocycles. The van der Waals surface area contributed by atoms with Crippen LogP contribution in [0.25, 0.3) is 0 Å². The van der Waals surface area contributed by atoms with Crippen molar-refractivity contribution in [2.45, 2.75) is 6.42 Å². The van der Waals surface area contributed by atoms with Gasteiger partial charge in [-0.15, -0.1) is 0 Å². The minimum absolute atomic E-state index is 0.0632. The predicted molar refractivity (Wildman–Crippen MR) is 63.6 cm³/mol. The van der Waals surface area contributed by atoms with Crippen molar-refractivity contribution < 1.29 is 23.0 Å². The quantitative estimate of drug-likeness (QED) is 0.574. The molecule has 0 bridgehead atoms. The molecule has 0 amide bonds. The molecule has 0 fully saturated rings. The van der Waals surface area contributed by atoms with Gasteiger partial charge in [0.25, 0.3) is 0 Å². The van der Waals surface area contributed by atoms with Crippen LogP contribution in [0.5, 0.6) is 5.75 Å². The number of hydrogen-bond acceptors (Lipinski definition) is 4. The van der Waals surface area contributed by atoms with Crippen LogP contribution in [-0.4, -0.2) is 33.5 Å². The standard InChI is InChI=1S/C12H17F2NO3/c1-16-5-2-6-17-7-8-18-12-10(15)4-3-9(13)11(12)14/h3-4H,2,5-8,15H2,1H3. The van der Waals surface area contributed by atoms with E-state index in [0.29, 0.717) is 13.2 Å². The fourth-order valence-corrected chi connectivity index (χ4v) is 1.30. The van der Waals surface area contributed by atoms with E-state index in [-0.39, 0.29) is 24.7 Å². The zero-order valence-corrected chi connectivity index (χ0v) is 10.2. The van der Waals surface area contributed by atoms with Crippen molar-refractivity contribution in [2.24, 2.45) is 0 Å². The van der Waals surface area contributed by atoms with E-state index < -0.39 is 11.6 Å². The summed E-state index contributed by atoms with van der Waals surface area (Å²) in [4.78, 5) is 0. The summed E-state index contributed by atoms with van der Waals surface area (Å²) < 4.78 is 41.3. The fraction of sp³-hybridized carbons (Fsp3) is 0.500. The molecule has 0 spiro atoms. The van der Waals surface area contributed by atoms with Crippen molar-refractivity contribution in [3.8, 4) is 5.75 Å². The van der Waals surface area contributed by atoms with E-state index in [1.165, 1.54) is 6.07 Å². The SMILES string of the molecule is COCCCOCCOc1c(N)ccc(F)c1F. The summed E-state index contributed by atoms with van der Waals surface area (Å²) in [5.74, 6) is -2.33. The highest BCUT2D eigenvalue weighted by Crippen LogP contribution is 2.26. The molecule has 0 aliphatic carbocycles. The lowest BCUT2D eigenvalue weighted by Crippen LogP contribution is -2.10. The van der Waals surface area contributed by atoms with E-state index in [0.717, 1.165) is 12.5 Å². The minimum Gasteiger partial charge on any atom is -0.486 e. The Bertz CT molecular complexity index is 375. The number of rotatable bonds is 8. The Morgan fingerprint density at radius 3 is 2.61 bits per heavy atom. The molecule has 0 unspecified atom stereocenters. The largest absolute Gasteiger partial charge is 0.486 e. The van der Waals surface area contributed by atoms with Crippen LogP contribution in [0.4, 0.5) is 14.5 Å². The monoisotopic (exact) mass is 261 g/mol. The number of halogens is 2. The van der Waals surface area contributed by atoms with Gasteiger partial charge in [-0.3, -0.25) is 0 Å². The maximum Gasteiger partial charge on any atom is 0.202 e. The van der Waals surface area contributed by atoms with Crippen LogP contribution >= 0.6 is 0 Å². The maximum atomic E-state index is 13.3. The van der Waals surface area contributed by atoms with Gasteiger partial charge in [0.05, 0.1) is 12.3 Å². The van der Waals surface area contributed by atoms with E-state index in [2.05, 4.69) is 0 Å². The lowest BCUT2D eigenvalue weighted by Gasteiger charge is -2.10. The first kappa shape index (κ1) is 14.7. The first-order valence-corrected chi connectivity index (χ1v) is 5.59. The summed E-state index contributed by atoms with van der Waals surface area (Å²) in [5, 5.41) is 0. The number of benzene rings is 1. The number of hydrogen-bond donors (Lipinski definition) is 1. The summed E-state index contributed by atoms with van der Waals surface area (Å²) in [6.45, 7) is 1.53. The summed E-state index contributed by atoms with van der Waals surface area (Å²) in [6.07, 6.45) is 0.771. The van der Waals surface area contributed by atoms with Crippen LogP contribution in [0.1, 0.15) is 6.42 Å². The van der Waals surface area contributed by atoms with Gasteiger partial charge in [-0.2, -0.15) is 4.39 Å². The molecular weight excluding hydrogens is 244 g/mol. The minimum atomic E-state index is -1.07. The zero-order chi connectivity index (χ0) is 13.4. The first-order valence-electron chi connectivity index (χ1n) is 5.59. The molecule has 1 rings (SSSR count). The van der Waals surface area contributed by atoms with Gasteiger partial charge in [-0.25, -0.2) is 4.39 Å². The van der Waals surface area contributed by atoms with E-state index in [9.17, 15) is 8.78 Å². The molecule has 0 aliphatic rings. The Kier molecular flexibility index (Phi) is 6.38. The Labute approximate surface area is 105 Å². The van der Waals surface area contributed by atoms with Gasteiger partial charge >= 0.3 is 0 Å². The normalized spacial score (nSPS) is 10.6. The Morgan fingerprint density at radius 2 is 1.89 bits per heavy atom. The van der Waals surface area contributed by atoms with Gasteiger partial charge in [0.2, 0.25) is 5.82 Å². The second-order valence-corrected chi connectivity index (χ2v) is 3.59. The van der Waals surface area contributed by atoms with Gasteiger partial charge in [-0.1, -0.05) is 0 Å². The van der Waals surface area contributed by atoms with Crippen molar-refractivity contribution in [2.75, 3.05) is 39.3 Å². The molecule has 2 N–H and O–H groups in total. The summed E-state index contributed by atoms with van der Waals surface area (Å²) in [7, 11) is 1.61. The van der Waals surface area contributed by atoms with Crippen molar-refractivity contribution >= 4 is 5.69 Å². The molecule has 0 aliphatic heterocycles. The van der Waals surface area contributed by atoms with E-state index in [1.807, 2.05) is 0 Å². The molecule has 1 aromatic carbocycles. The predicted octanol–water partition coefficient (Wildman–Crippen LogP) is 1.98. The molecule has 0 radical (unpaired) electrons. The molecule has 102 valence electrons. The summed E-state index contributed by atoms with van der Waals surface area (Å²) >= 11 is 0. The van der Waals surface area contributed by atoms with Gasteiger partial charge < -0.3 is 19.9 Å². The van der Waals surface area contributed by atoms with Crippen molar-refractivity contribution in [3.05, 3.63) is 23.8 Å².